The molecule has 0 bridgehead atoms. The van der Waals surface area contributed by atoms with Gasteiger partial charge in [0.2, 0.25) is 0 Å². The highest BCUT2D eigenvalue weighted by Crippen LogP contribution is 2.33. The molecule has 9 nitrogen and oxygen atoms in total. The van der Waals surface area contributed by atoms with Gasteiger partial charge < -0.3 is 20.5 Å². The van der Waals surface area contributed by atoms with E-state index in [2.05, 4.69) is 5.32 Å². The van der Waals surface area contributed by atoms with Crippen LogP contribution < -0.4 is 15.8 Å². The number of hydrogen-bond acceptors (Lipinski definition) is 7. The summed E-state index contributed by atoms with van der Waals surface area (Å²) in [4.78, 5) is 26.3. The van der Waals surface area contributed by atoms with Crippen molar-refractivity contribution in [1.29, 1.82) is 5.41 Å². The van der Waals surface area contributed by atoms with E-state index >= 15 is 0 Å². The van der Waals surface area contributed by atoms with Gasteiger partial charge in [-0.15, -0.1) is 0 Å². The van der Waals surface area contributed by atoms with Crippen LogP contribution >= 0.6 is 0 Å². The Balaban J connectivity index is 1.73. The second-order valence-electron chi connectivity index (χ2n) is 8.92. The molecule has 4 rings (SSSR count). The molecule has 0 aliphatic rings. The fraction of sp³-hybridized carbons (Fsp3) is 0.100. The first kappa shape index (κ1) is 28.1. The van der Waals surface area contributed by atoms with Crippen LogP contribution in [0.25, 0.3) is 11.1 Å². The number of rotatable bonds is 9. The van der Waals surface area contributed by atoms with E-state index < -0.39 is 27.5 Å². The van der Waals surface area contributed by atoms with Crippen molar-refractivity contribution >= 4 is 33.2 Å². The predicted octanol–water partition coefficient (Wildman–Crippen LogP) is 4.47. The fourth-order valence-electron chi connectivity index (χ4n) is 4.09. The summed E-state index contributed by atoms with van der Waals surface area (Å²) in [7, 11) is -3.47. The van der Waals surface area contributed by atoms with Crippen molar-refractivity contribution in [3.05, 3.63) is 114 Å². The molecule has 0 aromatic heterocycles. The number of amides is 1. The van der Waals surface area contributed by atoms with Crippen LogP contribution in [-0.4, -0.2) is 32.4 Å². The summed E-state index contributed by atoms with van der Waals surface area (Å²) in [5.74, 6) is -3.86. The Labute approximate surface area is 232 Å². The minimum atomic E-state index is -3.47. The lowest BCUT2D eigenvalue weighted by Gasteiger charge is -2.32. The fourth-order valence-corrected chi connectivity index (χ4v) is 5.00. The average molecular weight is 558 g/mol. The van der Waals surface area contributed by atoms with Crippen LogP contribution in [0.3, 0.4) is 0 Å². The van der Waals surface area contributed by atoms with E-state index in [9.17, 15) is 18.0 Å². The third-order valence-electron chi connectivity index (χ3n) is 5.89. The van der Waals surface area contributed by atoms with E-state index in [0.29, 0.717) is 22.4 Å². The van der Waals surface area contributed by atoms with Gasteiger partial charge in [0.1, 0.15) is 11.6 Å². The summed E-state index contributed by atoms with van der Waals surface area (Å²) in [6.45, 7) is 1.16. The number of nitrogens with two attached hydrogens (primary N) is 1. The Kier molecular flexibility index (Phi) is 8.01. The van der Waals surface area contributed by atoms with Crippen LogP contribution in [0.1, 0.15) is 18.1 Å². The number of amidine groups is 1. The van der Waals surface area contributed by atoms with Crippen LogP contribution in [0.4, 0.5) is 5.69 Å². The van der Waals surface area contributed by atoms with Crippen LogP contribution in [0.15, 0.2) is 108 Å². The number of nitrogens with one attached hydrogen (secondary N) is 2. The lowest BCUT2D eigenvalue weighted by molar-refractivity contribution is -0.202. The maximum Gasteiger partial charge on any atom is 0.362 e. The summed E-state index contributed by atoms with van der Waals surface area (Å²) in [5.41, 5.74) is 7.72. The summed E-state index contributed by atoms with van der Waals surface area (Å²) >= 11 is 0. The van der Waals surface area contributed by atoms with Gasteiger partial charge in [0.25, 0.3) is 0 Å². The van der Waals surface area contributed by atoms with E-state index in [0.717, 1.165) is 13.2 Å². The SMILES string of the molecule is CC(=O)OC(Oc1cccc(C(=N)N)c1)(C(=O)Nc1ccc(-c2ccccc2S(C)(=O)=O)cc1)c1ccccc1. The van der Waals surface area contributed by atoms with Crippen molar-refractivity contribution in [2.45, 2.75) is 17.6 Å². The lowest BCUT2D eigenvalue weighted by atomic mass is 10.0. The van der Waals surface area contributed by atoms with E-state index in [-0.39, 0.29) is 22.0 Å². The molecule has 40 heavy (non-hydrogen) atoms. The van der Waals surface area contributed by atoms with Crippen molar-refractivity contribution in [2.75, 3.05) is 11.6 Å². The van der Waals surface area contributed by atoms with Crippen molar-refractivity contribution in [3.63, 3.8) is 0 Å². The molecule has 4 aromatic rings. The third-order valence-corrected chi connectivity index (χ3v) is 7.04. The Bertz CT molecular complexity index is 1670. The van der Waals surface area contributed by atoms with Gasteiger partial charge in [-0.25, -0.2) is 8.42 Å². The van der Waals surface area contributed by atoms with Crippen LogP contribution in [0.5, 0.6) is 5.75 Å². The second kappa shape index (κ2) is 11.4. The van der Waals surface area contributed by atoms with Crippen molar-refractivity contribution in [2.24, 2.45) is 5.73 Å². The number of benzene rings is 4. The van der Waals surface area contributed by atoms with E-state index in [4.69, 9.17) is 20.6 Å². The molecule has 0 saturated heterocycles. The van der Waals surface area contributed by atoms with Gasteiger partial charge in [-0.1, -0.05) is 72.8 Å². The Morgan fingerprint density at radius 3 is 2.15 bits per heavy atom. The van der Waals surface area contributed by atoms with Gasteiger partial charge in [0, 0.05) is 35.6 Å². The maximum atomic E-state index is 13.9. The topological polar surface area (TPSA) is 149 Å². The second-order valence-corrected chi connectivity index (χ2v) is 10.9. The smallest absolute Gasteiger partial charge is 0.362 e. The molecular formula is C30H27N3O6S. The Hall–Kier alpha value is -4.96. The molecule has 204 valence electrons. The lowest BCUT2D eigenvalue weighted by Crippen LogP contribution is -2.48. The summed E-state index contributed by atoms with van der Waals surface area (Å²) in [6, 6.07) is 27.7. The predicted molar refractivity (Wildman–Crippen MR) is 152 cm³/mol. The van der Waals surface area contributed by atoms with Crippen LogP contribution in [0.2, 0.25) is 0 Å². The highest BCUT2D eigenvalue weighted by molar-refractivity contribution is 7.90. The van der Waals surface area contributed by atoms with Gasteiger partial charge in [-0.05, 0) is 35.9 Å². The molecule has 0 spiro atoms. The number of esters is 1. The molecule has 0 radical (unpaired) electrons. The standard InChI is InChI=1S/C30H27N3O6S/c1-20(34)38-30(23-10-4-3-5-11-23,39-25-12-8-9-22(19-25)28(31)32)29(35)33-24-17-15-21(16-18-24)26-13-6-7-14-27(26)40(2,36)37/h3-19H,1-2H3,(H3,31,32)(H,33,35). The molecule has 1 atom stereocenters. The first-order valence-corrected chi connectivity index (χ1v) is 14.0. The number of sulfone groups is 1. The number of carbonyl (C=O) groups is 2. The van der Waals surface area contributed by atoms with Gasteiger partial charge >= 0.3 is 17.7 Å². The molecule has 0 saturated carbocycles. The van der Waals surface area contributed by atoms with Crippen LogP contribution in [-0.2, 0) is 30.0 Å². The molecule has 1 unspecified atom stereocenters. The zero-order chi connectivity index (χ0) is 28.9. The van der Waals surface area contributed by atoms with Crippen molar-refractivity contribution in [1.82, 2.24) is 0 Å². The first-order chi connectivity index (χ1) is 19.0. The Morgan fingerprint density at radius 2 is 1.52 bits per heavy atom. The average Bonchev–Trinajstić information content (AvgIpc) is 2.93. The zero-order valence-electron chi connectivity index (χ0n) is 21.8. The Morgan fingerprint density at radius 1 is 0.875 bits per heavy atom. The molecule has 0 aliphatic heterocycles. The monoisotopic (exact) mass is 557 g/mol. The molecular weight excluding hydrogens is 530 g/mol. The number of anilines is 1. The highest BCUT2D eigenvalue weighted by atomic mass is 32.2. The van der Waals surface area contributed by atoms with Gasteiger partial charge in [0.05, 0.1) is 4.90 Å². The summed E-state index contributed by atoms with van der Waals surface area (Å²) in [6.07, 6.45) is 1.14. The van der Waals surface area contributed by atoms with E-state index in [1.807, 2.05) is 0 Å². The van der Waals surface area contributed by atoms with E-state index in [1.165, 1.54) is 12.1 Å². The minimum Gasteiger partial charge on any atom is -0.441 e. The van der Waals surface area contributed by atoms with Crippen molar-refractivity contribution in [3.8, 4) is 16.9 Å². The van der Waals surface area contributed by atoms with Gasteiger partial charge in [-0.3, -0.25) is 15.0 Å². The summed E-state index contributed by atoms with van der Waals surface area (Å²) < 4.78 is 36.2. The number of ether oxygens (including phenoxy) is 2. The zero-order valence-corrected chi connectivity index (χ0v) is 22.6. The largest absolute Gasteiger partial charge is 0.441 e. The van der Waals surface area contributed by atoms with Crippen LogP contribution in [0, 0.1) is 5.41 Å². The first-order valence-electron chi connectivity index (χ1n) is 12.1. The summed E-state index contributed by atoms with van der Waals surface area (Å²) in [5, 5.41) is 10.5. The molecule has 4 N–H and O–H groups in total. The van der Waals surface area contributed by atoms with Gasteiger partial charge in [-0.2, -0.15) is 0 Å². The maximum absolute atomic E-state index is 13.9. The van der Waals surface area contributed by atoms with Gasteiger partial charge in [0.15, 0.2) is 9.84 Å². The number of hydrogen-bond donors (Lipinski definition) is 3. The molecule has 0 fully saturated rings. The molecule has 1 amide bonds. The molecule has 4 aromatic carbocycles. The normalized spacial score (nSPS) is 12.6. The number of nitrogen functional groups attached to an aromatic ring is 1. The molecule has 0 heterocycles. The number of carbonyl (C=O) groups excluding carboxylic acids is 2. The highest BCUT2D eigenvalue weighted by Gasteiger charge is 2.47. The quantitative estimate of drug-likeness (QED) is 0.119. The van der Waals surface area contributed by atoms with E-state index in [1.54, 1.807) is 91.0 Å². The molecule has 10 heteroatoms. The molecule has 0 aliphatic carbocycles. The van der Waals surface area contributed by atoms with Crippen molar-refractivity contribution < 1.29 is 27.5 Å². The third kappa shape index (κ3) is 6.19. The minimum absolute atomic E-state index is 0.140.